The van der Waals surface area contributed by atoms with Crippen molar-refractivity contribution in [1.29, 1.82) is 0 Å². The Morgan fingerprint density at radius 1 is 1.38 bits per heavy atom. The summed E-state index contributed by atoms with van der Waals surface area (Å²) in [6.07, 6.45) is 2.87. The van der Waals surface area contributed by atoms with Crippen LogP contribution in [0.15, 0.2) is 30.3 Å². The maximum atomic E-state index is 12.9. The van der Waals surface area contributed by atoms with E-state index in [2.05, 4.69) is 17.1 Å². The highest BCUT2D eigenvalue weighted by Crippen LogP contribution is 2.26. The SMILES string of the molecule is CCCC[C@@H]1CN(c2cccc(Cl)c2)C(=O)CN1C(=O)c1cc(C)[nH]n1. The number of carbonyl (C=O) groups is 2. The van der Waals surface area contributed by atoms with Crippen molar-refractivity contribution in [2.24, 2.45) is 0 Å². The normalized spacial score (nSPS) is 17.7. The highest BCUT2D eigenvalue weighted by Gasteiger charge is 2.36. The predicted molar refractivity (Wildman–Crippen MR) is 101 cm³/mol. The van der Waals surface area contributed by atoms with E-state index in [1.807, 2.05) is 19.1 Å². The highest BCUT2D eigenvalue weighted by molar-refractivity contribution is 6.30. The summed E-state index contributed by atoms with van der Waals surface area (Å²) in [6, 6.07) is 8.93. The molecular formula is C19H23ClN4O2. The van der Waals surface area contributed by atoms with E-state index in [4.69, 9.17) is 11.6 Å². The summed E-state index contributed by atoms with van der Waals surface area (Å²) < 4.78 is 0. The number of halogens is 1. The first kappa shape index (κ1) is 18.5. The van der Waals surface area contributed by atoms with E-state index in [0.717, 1.165) is 30.6 Å². The molecule has 1 saturated heterocycles. The first-order chi connectivity index (χ1) is 12.5. The Labute approximate surface area is 158 Å². The molecule has 3 rings (SSSR count). The van der Waals surface area contributed by atoms with Crippen molar-refractivity contribution in [2.75, 3.05) is 18.0 Å². The van der Waals surface area contributed by atoms with Crippen LogP contribution >= 0.6 is 11.6 Å². The molecule has 7 heteroatoms. The molecule has 1 aromatic heterocycles. The van der Waals surface area contributed by atoms with Crippen molar-refractivity contribution < 1.29 is 9.59 Å². The summed E-state index contributed by atoms with van der Waals surface area (Å²) in [5.74, 6) is -0.310. The molecule has 1 aliphatic rings. The molecule has 0 radical (unpaired) electrons. The lowest BCUT2D eigenvalue weighted by atomic mass is 10.0. The van der Waals surface area contributed by atoms with Gasteiger partial charge in [-0.15, -0.1) is 0 Å². The Morgan fingerprint density at radius 3 is 2.85 bits per heavy atom. The molecule has 0 aliphatic carbocycles. The minimum absolute atomic E-state index is 0.0452. The van der Waals surface area contributed by atoms with E-state index in [9.17, 15) is 9.59 Å². The number of nitrogens with one attached hydrogen (secondary N) is 1. The third-order valence-corrected chi connectivity index (χ3v) is 4.87. The summed E-state index contributed by atoms with van der Waals surface area (Å²) in [6.45, 7) is 4.48. The van der Waals surface area contributed by atoms with Crippen LogP contribution in [-0.2, 0) is 4.79 Å². The van der Waals surface area contributed by atoms with Crippen LogP contribution in [0, 0.1) is 6.92 Å². The van der Waals surface area contributed by atoms with E-state index >= 15 is 0 Å². The summed E-state index contributed by atoms with van der Waals surface area (Å²) in [7, 11) is 0. The molecule has 2 aromatic rings. The molecule has 1 atom stereocenters. The third kappa shape index (κ3) is 3.90. The van der Waals surface area contributed by atoms with Gasteiger partial charge in [0.05, 0.1) is 6.04 Å². The Hall–Kier alpha value is -2.34. The average molecular weight is 375 g/mol. The summed E-state index contributed by atoms with van der Waals surface area (Å²) in [5, 5.41) is 7.44. The number of unbranched alkanes of at least 4 members (excludes halogenated alkanes) is 1. The number of nitrogens with zero attached hydrogens (tertiary/aromatic N) is 3. The molecule has 1 N–H and O–H groups in total. The second kappa shape index (κ2) is 7.91. The maximum Gasteiger partial charge on any atom is 0.275 e. The van der Waals surface area contributed by atoms with E-state index < -0.39 is 0 Å². The van der Waals surface area contributed by atoms with Crippen molar-refractivity contribution in [3.05, 3.63) is 46.7 Å². The highest BCUT2D eigenvalue weighted by atomic mass is 35.5. The molecule has 0 unspecified atom stereocenters. The molecule has 2 amide bonds. The van der Waals surface area contributed by atoms with Gasteiger partial charge in [0.15, 0.2) is 0 Å². The van der Waals surface area contributed by atoms with Crippen molar-refractivity contribution in [2.45, 2.75) is 39.2 Å². The minimum Gasteiger partial charge on any atom is -0.323 e. The molecule has 0 saturated carbocycles. The molecule has 1 aromatic carbocycles. The van der Waals surface area contributed by atoms with Crippen LogP contribution in [0.4, 0.5) is 5.69 Å². The summed E-state index contributed by atoms with van der Waals surface area (Å²) in [4.78, 5) is 29.0. The maximum absolute atomic E-state index is 12.9. The second-order valence-corrected chi connectivity index (χ2v) is 7.09. The van der Waals surface area contributed by atoms with Crippen molar-refractivity contribution >= 4 is 29.1 Å². The van der Waals surface area contributed by atoms with Crippen molar-refractivity contribution in [3.63, 3.8) is 0 Å². The molecule has 2 heterocycles. The van der Waals surface area contributed by atoms with Crippen molar-refractivity contribution in [1.82, 2.24) is 15.1 Å². The first-order valence-electron chi connectivity index (χ1n) is 8.88. The Kier molecular flexibility index (Phi) is 5.61. The summed E-state index contributed by atoms with van der Waals surface area (Å²) >= 11 is 6.08. The smallest absolute Gasteiger partial charge is 0.275 e. The van der Waals surface area contributed by atoms with Gasteiger partial charge in [-0.05, 0) is 37.6 Å². The van der Waals surface area contributed by atoms with Gasteiger partial charge >= 0.3 is 0 Å². The van der Waals surface area contributed by atoms with Crippen LogP contribution < -0.4 is 4.90 Å². The number of aryl methyl sites for hydroxylation is 1. The lowest BCUT2D eigenvalue weighted by Gasteiger charge is -2.41. The van der Waals surface area contributed by atoms with Gasteiger partial charge in [0.2, 0.25) is 5.91 Å². The van der Waals surface area contributed by atoms with Crippen LogP contribution in [0.25, 0.3) is 0 Å². The number of hydrogen-bond acceptors (Lipinski definition) is 3. The van der Waals surface area contributed by atoms with E-state index in [1.54, 1.807) is 28.0 Å². The molecular weight excluding hydrogens is 352 g/mol. The predicted octanol–water partition coefficient (Wildman–Crippen LogP) is 3.42. The molecule has 0 spiro atoms. The number of hydrogen-bond donors (Lipinski definition) is 1. The van der Waals surface area contributed by atoms with Gasteiger partial charge in [-0.2, -0.15) is 5.10 Å². The van der Waals surface area contributed by atoms with Gasteiger partial charge in [0.1, 0.15) is 12.2 Å². The monoisotopic (exact) mass is 374 g/mol. The number of amides is 2. The van der Waals surface area contributed by atoms with Crippen LogP contribution in [0.5, 0.6) is 0 Å². The van der Waals surface area contributed by atoms with Crippen LogP contribution in [0.3, 0.4) is 0 Å². The van der Waals surface area contributed by atoms with Crippen molar-refractivity contribution in [3.8, 4) is 0 Å². The van der Waals surface area contributed by atoms with Gasteiger partial charge in [-0.25, -0.2) is 0 Å². The van der Waals surface area contributed by atoms with E-state index in [0.29, 0.717) is 17.3 Å². The molecule has 1 fully saturated rings. The molecule has 6 nitrogen and oxygen atoms in total. The van der Waals surface area contributed by atoms with E-state index in [1.165, 1.54) is 0 Å². The number of carbonyl (C=O) groups excluding carboxylic acids is 2. The third-order valence-electron chi connectivity index (χ3n) is 4.64. The number of aromatic amines is 1. The van der Waals surface area contributed by atoms with Gasteiger partial charge < -0.3 is 9.80 Å². The number of H-pyrrole nitrogens is 1. The first-order valence-corrected chi connectivity index (χ1v) is 9.26. The van der Waals surface area contributed by atoms with Crippen LogP contribution in [0.2, 0.25) is 5.02 Å². The topological polar surface area (TPSA) is 69.3 Å². The second-order valence-electron chi connectivity index (χ2n) is 6.65. The van der Waals surface area contributed by atoms with E-state index in [-0.39, 0.29) is 24.4 Å². The van der Waals surface area contributed by atoms with Crippen LogP contribution in [-0.4, -0.2) is 46.0 Å². The quantitative estimate of drug-likeness (QED) is 0.871. The van der Waals surface area contributed by atoms with Gasteiger partial charge in [-0.3, -0.25) is 14.7 Å². The van der Waals surface area contributed by atoms with Gasteiger partial charge in [0.25, 0.3) is 5.91 Å². The molecule has 138 valence electrons. The largest absolute Gasteiger partial charge is 0.323 e. The minimum atomic E-state index is -0.199. The zero-order chi connectivity index (χ0) is 18.7. The molecule has 0 bridgehead atoms. The lowest BCUT2D eigenvalue weighted by molar-refractivity contribution is -0.121. The standard InChI is InChI=1S/C19H23ClN4O2/c1-3-4-7-16-11-23(15-8-5-6-14(20)10-15)18(25)12-24(16)19(26)17-9-13(2)21-22-17/h5-6,8-10,16H,3-4,7,11-12H2,1-2H3,(H,21,22)/t16-/m1/s1. The van der Waals surface area contributed by atoms with Gasteiger partial charge in [0, 0.05) is 22.9 Å². The zero-order valence-electron chi connectivity index (χ0n) is 15.0. The van der Waals surface area contributed by atoms with Crippen LogP contribution in [0.1, 0.15) is 42.4 Å². The number of rotatable bonds is 5. The fourth-order valence-corrected chi connectivity index (χ4v) is 3.45. The Bertz CT molecular complexity index is 804. The number of benzene rings is 1. The lowest BCUT2D eigenvalue weighted by Crippen LogP contribution is -2.58. The average Bonchev–Trinajstić information content (AvgIpc) is 3.06. The number of piperazine rings is 1. The fraction of sp³-hybridized carbons (Fsp3) is 0.421. The Morgan fingerprint density at radius 2 is 2.19 bits per heavy atom. The summed E-state index contributed by atoms with van der Waals surface area (Å²) in [5.41, 5.74) is 1.95. The molecule has 26 heavy (non-hydrogen) atoms. The number of aromatic nitrogens is 2. The Balaban J connectivity index is 1.85. The van der Waals surface area contributed by atoms with Gasteiger partial charge in [-0.1, -0.05) is 37.4 Å². The fourth-order valence-electron chi connectivity index (χ4n) is 3.26. The molecule has 1 aliphatic heterocycles. The zero-order valence-corrected chi connectivity index (χ0v) is 15.8. The number of anilines is 1.